The highest BCUT2D eigenvalue weighted by Gasteiger charge is 2.24. The van der Waals surface area contributed by atoms with E-state index in [0.29, 0.717) is 18.5 Å². The maximum absolute atomic E-state index is 10.4. The van der Waals surface area contributed by atoms with Crippen molar-refractivity contribution in [1.82, 2.24) is 5.32 Å². The number of nitrogens with two attached hydrogens (primary N) is 2. The molecule has 5 N–H and O–H groups in total. The van der Waals surface area contributed by atoms with Gasteiger partial charge in [0.25, 0.3) is 0 Å². The molecule has 0 aliphatic heterocycles. The first-order chi connectivity index (χ1) is 5.68. The zero-order valence-electron chi connectivity index (χ0n) is 7.25. The maximum atomic E-state index is 10.4. The number of nitrogens with one attached hydrogen (secondary N) is 1. The van der Waals surface area contributed by atoms with E-state index in [1.54, 1.807) is 0 Å². The Labute approximate surface area is 72.7 Å². The summed E-state index contributed by atoms with van der Waals surface area (Å²) in [5, 5.41) is 3.32. The first-order valence-corrected chi connectivity index (χ1v) is 4.45. The van der Waals surface area contributed by atoms with Gasteiger partial charge in [-0.25, -0.2) is 0 Å². The lowest BCUT2D eigenvalue weighted by Gasteiger charge is -2.33. The number of hydrogen-bond acceptors (Lipinski definition) is 3. The van der Waals surface area contributed by atoms with E-state index >= 15 is 0 Å². The molecule has 0 aromatic heterocycles. The van der Waals surface area contributed by atoms with Crippen molar-refractivity contribution in [3.05, 3.63) is 0 Å². The van der Waals surface area contributed by atoms with Crippen molar-refractivity contribution < 1.29 is 4.79 Å². The first kappa shape index (κ1) is 9.48. The molecule has 4 nitrogen and oxygen atoms in total. The van der Waals surface area contributed by atoms with E-state index in [4.69, 9.17) is 11.5 Å². The van der Waals surface area contributed by atoms with Crippen LogP contribution < -0.4 is 16.8 Å². The molecule has 1 amide bonds. The van der Waals surface area contributed by atoms with Gasteiger partial charge in [-0.1, -0.05) is 0 Å². The zero-order valence-corrected chi connectivity index (χ0v) is 7.25. The van der Waals surface area contributed by atoms with Gasteiger partial charge in [0, 0.05) is 18.5 Å². The molecule has 1 aliphatic rings. The van der Waals surface area contributed by atoms with Crippen molar-refractivity contribution in [1.29, 1.82) is 0 Å². The number of hydrogen-bond donors (Lipinski definition) is 3. The minimum absolute atomic E-state index is 0.220. The van der Waals surface area contributed by atoms with Crippen molar-refractivity contribution >= 4 is 5.91 Å². The van der Waals surface area contributed by atoms with E-state index in [-0.39, 0.29) is 5.91 Å². The summed E-state index contributed by atoms with van der Waals surface area (Å²) in [6.45, 7) is 0.875. The van der Waals surface area contributed by atoms with Crippen molar-refractivity contribution in [3.8, 4) is 0 Å². The molecular weight excluding hydrogens is 154 g/mol. The molecule has 0 saturated heterocycles. The zero-order chi connectivity index (χ0) is 8.97. The average molecular weight is 171 g/mol. The van der Waals surface area contributed by atoms with Gasteiger partial charge in [-0.2, -0.15) is 0 Å². The Bertz CT molecular complexity index is 154. The second-order valence-electron chi connectivity index (χ2n) is 3.45. The topological polar surface area (TPSA) is 81.1 Å². The third-order valence-electron chi connectivity index (χ3n) is 2.21. The summed E-state index contributed by atoms with van der Waals surface area (Å²) in [5.74, 6) is -0.220. The third kappa shape index (κ3) is 3.19. The fourth-order valence-corrected chi connectivity index (χ4v) is 1.40. The van der Waals surface area contributed by atoms with Gasteiger partial charge >= 0.3 is 0 Å². The molecule has 0 bridgehead atoms. The van der Waals surface area contributed by atoms with Crippen LogP contribution in [0.1, 0.15) is 25.7 Å². The van der Waals surface area contributed by atoms with E-state index in [1.807, 2.05) is 0 Å². The van der Waals surface area contributed by atoms with Crippen molar-refractivity contribution in [2.45, 2.75) is 37.8 Å². The van der Waals surface area contributed by atoms with E-state index in [9.17, 15) is 4.79 Å². The number of carbonyl (C=O) groups excluding carboxylic acids is 1. The van der Waals surface area contributed by atoms with Crippen LogP contribution in [0.5, 0.6) is 0 Å². The summed E-state index contributed by atoms with van der Waals surface area (Å²) in [5.41, 5.74) is 10.6. The summed E-state index contributed by atoms with van der Waals surface area (Å²) in [6, 6.07) is 0.964. The minimum Gasteiger partial charge on any atom is -0.370 e. The van der Waals surface area contributed by atoms with Crippen LogP contribution >= 0.6 is 0 Å². The standard InChI is InChI=1S/C8H17N3O/c9-6-4-7(5-6)11-3-1-2-8(10)12/h6-7,11H,1-5,9H2,(H2,10,12). The molecule has 1 rings (SSSR count). The molecule has 0 aromatic rings. The lowest BCUT2D eigenvalue weighted by Crippen LogP contribution is -2.48. The molecule has 0 heterocycles. The van der Waals surface area contributed by atoms with Crippen molar-refractivity contribution in [2.75, 3.05) is 6.54 Å². The van der Waals surface area contributed by atoms with E-state index in [2.05, 4.69) is 5.32 Å². The van der Waals surface area contributed by atoms with Gasteiger partial charge in [0.1, 0.15) is 0 Å². The quantitative estimate of drug-likeness (QED) is 0.480. The lowest BCUT2D eigenvalue weighted by molar-refractivity contribution is -0.118. The molecule has 1 fully saturated rings. The van der Waals surface area contributed by atoms with Gasteiger partial charge < -0.3 is 16.8 Å². The molecular formula is C8H17N3O. The summed E-state index contributed by atoms with van der Waals surface area (Å²) >= 11 is 0. The fourth-order valence-electron chi connectivity index (χ4n) is 1.40. The van der Waals surface area contributed by atoms with Crippen LogP contribution in [0.4, 0.5) is 0 Å². The molecule has 12 heavy (non-hydrogen) atoms. The van der Waals surface area contributed by atoms with Crippen molar-refractivity contribution in [3.63, 3.8) is 0 Å². The van der Waals surface area contributed by atoms with Crippen LogP contribution in [0.25, 0.3) is 0 Å². The van der Waals surface area contributed by atoms with Gasteiger partial charge in [0.15, 0.2) is 0 Å². The predicted molar refractivity (Wildman–Crippen MR) is 47.4 cm³/mol. The largest absolute Gasteiger partial charge is 0.370 e. The molecule has 0 atom stereocenters. The Balaban J connectivity index is 1.87. The number of primary amides is 1. The van der Waals surface area contributed by atoms with Crippen LogP contribution in [0.15, 0.2) is 0 Å². The summed E-state index contributed by atoms with van der Waals surface area (Å²) < 4.78 is 0. The maximum Gasteiger partial charge on any atom is 0.217 e. The fraction of sp³-hybridized carbons (Fsp3) is 0.875. The smallest absolute Gasteiger partial charge is 0.217 e. The van der Waals surface area contributed by atoms with Crippen LogP contribution in [0.3, 0.4) is 0 Å². The van der Waals surface area contributed by atoms with Crippen LogP contribution in [0, 0.1) is 0 Å². The van der Waals surface area contributed by atoms with Gasteiger partial charge in [0.05, 0.1) is 0 Å². The highest BCUT2D eigenvalue weighted by molar-refractivity contribution is 5.73. The van der Waals surface area contributed by atoms with Gasteiger partial charge in [-0.3, -0.25) is 4.79 Å². The molecule has 1 aliphatic carbocycles. The van der Waals surface area contributed by atoms with Gasteiger partial charge in [-0.05, 0) is 25.8 Å². The molecule has 0 aromatic carbocycles. The van der Waals surface area contributed by atoms with Crippen LogP contribution in [-0.4, -0.2) is 24.5 Å². The Hall–Kier alpha value is -0.610. The normalized spacial score (nSPS) is 28.1. The number of carbonyl (C=O) groups is 1. The summed E-state index contributed by atoms with van der Waals surface area (Å²) in [6.07, 6.45) is 3.44. The molecule has 70 valence electrons. The Morgan fingerprint density at radius 3 is 2.67 bits per heavy atom. The van der Waals surface area contributed by atoms with Gasteiger partial charge in [0.2, 0.25) is 5.91 Å². The van der Waals surface area contributed by atoms with Crippen molar-refractivity contribution in [2.24, 2.45) is 11.5 Å². The second-order valence-corrected chi connectivity index (χ2v) is 3.45. The van der Waals surface area contributed by atoms with E-state index in [0.717, 1.165) is 25.8 Å². The lowest BCUT2D eigenvalue weighted by atomic mass is 9.87. The third-order valence-corrected chi connectivity index (χ3v) is 2.21. The minimum atomic E-state index is -0.220. The average Bonchev–Trinajstić information content (AvgIpc) is 1.93. The van der Waals surface area contributed by atoms with Gasteiger partial charge in [-0.15, -0.1) is 0 Å². The number of rotatable bonds is 5. The summed E-state index contributed by atoms with van der Waals surface area (Å²) in [7, 11) is 0. The Morgan fingerprint density at radius 1 is 1.50 bits per heavy atom. The molecule has 0 spiro atoms. The van der Waals surface area contributed by atoms with E-state index < -0.39 is 0 Å². The predicted octanol–water partition coefficient (Wildman–Crippen LogP) is -0.669. The van der Waals surface area contributed by atoms with Crippen LogP contribution in [0.2, 0.25) is 0 Å². The molecule has 1 saturated carbocycles. The van der Waals surface area contributed by atoms with Crippen LogP contribution in [-0.2, 0) is 4.79 Å². The summed E-state index contributed by atoms with van der Waals surface area (Å²) in [4.78, 5) is 10.4. The second kappa shape index (κ2) is 4.42. The highest BCUT2D eigenvalue weighted by atomic mass is 16.1. The Morgan fingerprint density at radius 2 is 2.17 bits per heavy atom. The molecule has 4 heteroatoms. The van der Waals surface area contributed by atoms with E-state index in [1.165, 1.54) is 0 Å². The Kier molecular flexibility index (Phi) is 3.49. The first-order valence-electron chi connectivity index (χ1n) is 4.45. The molecule has 0 radical (unpaired) electrons. The monoisotopic (exact) mass is 171 g/mol. The highest BCUT2D eigenvalue weighted by Crippen LogP contribution is 2.16. The number of amides is 1. The SMILES string of the molecule is NC(=O)CCCNC1CC(N)C1. The molecule has 0 unspecified atom stereocenters.